The number of hydrogen-bond acceptors (Lipinski definition) is 5. The predicted octanol–water partition coefficient (Wildman–Crippen LogP) is 1.73. The summed E-state index contributed by atoms with van der Waals surface area (Å²) in [5, 5.41) is 2.76. The zero-order valence-electron chi connectivity index (χ0n) is 12.7. The highest BCUT2D eigenvalue weighted by molar-refractivity contribution is 5.69. The van der Waals surface area contributed by atoms with Crippen molar-refractivity contribution in [1.29, 1.82) is 0 Å². The van der Waals surface area contributed by atoms with Gasteiger partial charge in [0.1, 0.15) is 5.60 Å². The standard InChI is InChI=1S/C14H25NO5/c1-14(2,3)20-13(17)15-8-10-5-6-19-9-11(10)7-12(16)18-4/h10-11H,5-9H2,1-4H3,(H,15,17)/t10-,11-/m0/s1. The second kappa shape index (κ2) is 7.47. The molecule has 2 atom stereocenters. The Balaban J connectivity index is 2.42. The molecule has 0 saturated carbocycles. The molecule has 20 heavy (non-hydrogen) atoms. The van der Waals surface area contributed by atoms with Crippen molar-refractivity contribution in [3.8, 4) is 0 Å². The average Bonchev–Trinajstić information content (AvgIpc) is 2.35. The normalized spacial score (nSPS) is 23.0. The molecule has 1 rings (SSSR count). The van der Waals surface area contributed by atoms with E-state index >= 15 is 0 Å². The summed E-state index contributed by atoms with van der Waals surface area (Å²) in [5.41, 5.74) is -0.509. The smallest absolute Gasteiger partial charge is 0.407 e. The fraction of sp³-hybridized carbons (Fsp3) is 0.857. The Kier molecular flexibility index (Phi) is 6.26. The van der Waals surface area contributed by atoms with Crippen molar-refractivity contribution in [2.75, 3.05) is 26.9 Å². The molecule has 116 valence electrons. The van der Waals surface area contributed by atoms with Crippen molar-refractivity contribution in [2.45, 2.75) is 39.2 Å². The summed E-state index contributed by atoms with van der Waals surface area (Å²) in [6, 6.07) is 0. The van der Waals surface area contributed by atoms with E-state index in [2.05, 4.69) is 10.1 Å². The Bertz CT molecular complexity index is 337. The van der Waals surface area contributed by atoms with Crippen LogP contribution in [0.2, 0.25) is 0 Å². The van der Waals surface area contributed by atoms with Crippen LogP contribution in [-0.2, 0) is 19.0 Å². The quantitative estimate of drug-likeness (QED) is 0.797. The van der Waals surface area contributed by atoms with Crippen molar-refractivity contribution < 1.29 is 23.8 Å². The molecule has 1 heterocycles. The third-order valence-corrected chi connectivity index (χ3v) is 3.20. The van der Waals surface area contributed by atoms with Gasteiger partial charge in [-0.3, -0.25) is 4.79 Å². The highest BCUT2D eigenvalue weighted by Crippen LogP contribution is 2.24. The SMILES string of the molecule is COC(=O)C[C@H]1COCC[C@H]1CNC(=O)OC(C)(C)C. The maximum Gasteiger partial charge on any atom is 0.407 e. The van der Waals surface area contributed by atoms with Crippen LogP contribution in [0.5, 0.6) is 0 Å². The maximum absolute atomic E-state index is 11.6. The van der Waals surface area contributed by atoms with E-state index in [9.17, 15) is 9.59 Å². The van der Waals surface area contributed by atoms with Gasteiger partial charge in [0.25, 0.3) is 0 Å². The summed E-state index contributed by atoms with van der Waals surface area (Å²) in [6.45, 7) is 7.12. The number of alkyl carbamates (subject to hydrolysis) is 1. The van der Waals surface area contributed by atoms with Crippen molar-refractivity contribution in [2.24, 2.45) is 11.8 Å². The molecule has 0 aromatic heterocycles. The Morgan fingerprint density at radius 2 is 2.00 bits per heavy atom. The fourth-order valence-electron chi connectivity index (χ4n) is 2.16. The van der Waals surface area contributed by atoms with Crippen molar-refractivity contribution in [3.63, 3.8) is 0 Å². The van der Waals surface area contributed by atoms with E-state index in [1.54, 1.807) is 0 Å². The van der Waals surface area contributed by atoms with E-state index < -0.39 is 11.7 Å². The summed E-state index contributed by atoms with van der Waals surface area (Å²) in [5.74, 6) is 0.0317. The number of ether oxygens (including phenoxy) is 3. The zero-order chi connectivity index (χ0) is 15.2. The van der Waals surface area contributed by atoms with E-state index in [1.165, 1.54) is 7.11 Å². The molecule has 1 aliphatic heterocycles. The van der Waals surface area contributed by atoms with Gasteiger partial charge in [-0.2, -0.15) is 0 Å². The van der Waals surface area contributed by atoms with Gasteiger partial charge in [-0.15, -0.1) is 0 Å². The summed E-state index contributed by atoms with van der Waals surface area (Å²) in [4.78, 5) is 23.0. The third-order valence-electron chi connectivity index (χ3n) is 3.20. The topological polar surface area (TPSA) is 73.9 Å². The molecule has 1 aliphatic rings. The monoisotopic (exact) mass is 287 g/mol. The minimum absolute atomic E-state index is 0.0751. The van der Waals surface area contributed by atoms with E-state index in [4.69, 9.17) is 9.47 Å². The number of rotatable bonds is 4. The molecule has 1 saturated heterocycles. The van der Waals surface area contributed by atoms with E-state index in [0.29, 0.717) is 26.2 Å². The number of methoxy groups -OCH3 is 1. The first-order chi connectivity index (χ1) is 9.31. The number of amides is 1. The average molecular weight is 287 g/mol. The van der Waals surface area contributed by atoms with Crippen molar-refractivity contribution >= 4 is 12.1 Å². The second-order valence-electron chi connectivity index (χ2n) is 6.05. The maximum atomic E-state index is 11.6. The van der Waals surface area contributed by atoms with Gasteiger partial charge in [0.05, 0.1) is 20.1 Å². The van der Waals surface area contributed by atoms with E-state index in [0.717, 1.165) is 6.42 Å². The van der Waals surface area contributed by atoms with Crippen LogP contribution >= 0.6 is 0 Å². The second-order valence-corrected chi connectivity index (χ2v) is 6.05. The molecule has 1 fully saturated rings. The lowest BCUT2D eigenvalue weighted by atomic mass is 9.86. The van der Waals surface area contributed by atoms with Crippen LogP contribution in [0.1, 0.15) is 33.6 Å². The minimum atomic E-state index is -0.509. The summed E-state index contributed by atoms with van der Waals surface area (Å²) in [6.07, 6.45) is 0.704. The number of hydrogen-bond donors (Lipinski definition) is 1. The molecule has 6 nitrogen and oxygen atoms in total. The molecular formula is C14H25NO5. The molecule has 6 heteroatoms. The fourth-order valence-corrected chi connectivity index (χ4v) is 2.16. The van der Waals surface area contributed by atoms with Gasteiger partial charge in [-0.1, -0.05) is 0 Å². The molecule has 1 amide bonds. The van der Waals surface area contributed by atoms with E-state index in [1.807, 2.05) is 20.8 Å². The molecule has 0 bridgehead atoms. The lowest BCUT2D eigenvalue weighted by molar-refractivity contribution is -0.143. The summed E-state index contributed by atoms with van der Waals surface area (Å²) in [7, 11) is 1.37. The van der Waals surface area contributed by atoms with Crippen LogP contribution in [0.3, 0.4) is 0 Å². The largest absolute Gasteiger partial charge is 0.469 e. The molecule has 0 spiro atoms. The highest BCUT2D eigenvalue weighted by Gasteiger charge is 2.29. The third kappa shape index (κ3) is 6.23. The van der Waals surface area contributed by atoms with Crippen LogP contribution in [0.4, 0.5) is 4.79 Å². The van der Waals surface area contributed by atoms with E-state index in [-0.39, 0.29) is 17.8 Å². The molecule has 1 N–H and O–H groups in total. The van der Waals surface area contributed by atoms with Crippen LogP contribution in [0, 0.1) is 11.8 Å². The first-order valence-corrected chi connectivity index (χ1v) is 6.93. The first-order valence-electron chi connectivity index (χ1n) is 6.93. The van der Waals surface area contributed by atoms with Crippen LogP contribution < -0.4 is 5.32 Å². The van der Waals surface area contributed by atoms with Gasteiger partial charge in [0.15, 0.2) is 0 Å². The molecule has 0 unspecified atom stereocenters. The van der Waals surface area contributed by atoms with Gasteiger partial charge < -0.3 is 19.5 Å². The van der Waals surface area contributed by atoms with Crippen molar-refractivity contribution in [3.05, 3.63) is 0 Å². The number of nitrogens with one attached hydrogen (secondary N) is 1. The first kappa shape index (κ1) is 16.8. The van der Waals surface area contributed by atoms with Crippen LogP contribution in [0.25, 0.3) is 0 Å². The molecular weight excluding hydrogens is 262 g/mol. The Morgan fingerprint density at radius 1 is 1.30 bits per heavy atom. The molecule has 0 aliphatic carbocycles. The lowest BCUT2D eigenvalue weighted by Crippen LogP contribution is -2.40. The number of carbonyl (C=O) groups excluding carboxylic acids is 2. The van der Waals surface area contributed by atoms with Gasteiger partial charge in [0.2, 0.25) is 0 Å². The van der Waals surface area contributed by atoms with Crippen molar-refractivity contribution in [1.82, 2.24) is 5.32 Å². The van der Waals surface area contributed by atoms with Crippen LogP contribution in [-0.4, -0.2) is 44.5 Å². The van der Waals surface area contributed by atoms with Gasteiger partial charge in [0, 0.05) is 13.2 Å². The Labute approximate surface area is 120 Å². The molecule has 0 aromatic rings. The molecule has 0 aromatic carbocycles. The summed E-state index contributed by atoms with van der Waals surface area (Å²) < 4.78 is 15.3. The number of carbonyl (C=O) groups is 2. The Morgan fingerprint density at radius 3 is 2.60 bits per heavy atom. The van der Waals surface area contributed by atoms with Gasteiger partial charge in [-0.25, -0.2) is 4.79 Å². The lowest BCUT2D eigenvalue weighted by Gasteiger charge is -2.31. The van der Waals surface area contributed by atoms with Crippen LogP contribution in [0.15, 0.2) is 0 Å². The molecule has 0 radical (unpaired) electrons. The van der Waals surface area contributed by atoms with Gasteiger partial charge in [-0.05, 0) is 39.0 Å². The minimum Gasteiger partial charge on any atom is -0.469 e. The zero-order valence-corrected chi connectivity index (χ0v) is 12.7. The highest BCUT2D eigenvalue weighted by atomic mass is 16.6. The summed E-state index contributed by atoms with van der Waals surface area (Å²) >= 11 is 0. The van der Waals surface area contributed by atoms with Gasteiger partial charge >= 0.3 is 12.1 Å². The predicted molar refractivity (Wildman–Crippen MR) is 73.3 cm³/mol. The number of esters is 1. The Hall–Kier alpha value is -1.30.